The molecule has 9 nitrogen and oxygen atoms in total. The second-order valence-corrected chi connectivity index (χ2v) is 13.0. The molecule has 41 heavy (non-hydrogen) atoms. The molecule has 0 unspecified atom stereocenters. The number of likely N-dealkylation sites (N-methyl/N-ethyl adjacent to an activating group) is 1. The first-order valence-electron chi connectivity index (χ1n) is 11.9. The standard InChI is InChI=1S/C24H20ClF5N6O3S2/c1-34-6-8-35(9-7-34)41(38,39)19-11-17(20(25)40-19)33-23(37)15-12-31-36-18(21(26)27)10-16(32-22(15)36)13-2-4-14(5-3-13)24(28,29)30/h2-5,10-12,21H,6-9H2,1H3,(H,33,37). The van der Waals surface area contributed by atoms with Gasteiger partial charge in [-0.25, -0.2) is 26.7 Å². The predicted molar refractivity (Wildman–Crippen MR) is 142 cm³/mol. The van der Waals surface area contributed by atoms with Crippen LogP contribution in [0, 0.1) is 0 Å². The maximum Gasteiger partial charge on any atom is 0.416 e. The van der Waals surface area contributed by atoms with Crippen molar-refractivity contribution < 1.29 is 35.2 Å². The van der Waals surface area contributed by atoms with Crippen LogP contribution in [0.2, 0.25) is 4.34 Å². The third-order valence-corrected chi connectivity index (χ3v) is 10.2. The number of sulfonamides is 1. The van der Waals surface area contributed by atoms with E-state index in [2.05, 4.69) is 15.4 Å². The Morgan fingerprint density at radius 2 is 1.76 bits per heavy atom. The Labute approximate surface area is 239 Å². The summed E-state index contributed by atoms with van der Waals surface area (Å²) in [6.07, 6.45) is -6.64. The number of anilines is 1. The van der Waals surface area contributed by atoms with Crippen molar-refractivity contribution in [3.8, 4) is 11.3 Å². The zero-order valence-corrected chi connectivity index (χ0v) is 23.4. The molecule has 17 heteroatoms. The second kappa shape index (κ2) is 10.9. The van der Waals surface area contributed by atoms with Gasteiger partial charge in [0.15, 0.2) is 5.65 Å². The van der Waals surface area contributed by atoms with Gasteiger partial charge in [-0.05, 0) is 31.3 Å². The number of benzene rings is 1. The number of alkyl halides is 5. The van der Waals surface area contributed by atoms with Gasteiger partial charge in [0.05, 0.1) is 23.1 Å². The SMILES string of the molecule is CN1CCN(S(=O)(=O)c2cc(NC(=O)c3cnn4c(C(F)F)cc(-c5ccc(C(F)(F)F)cc5)nc34)c(Cl)s2)CC1. The summed E-state index contributed by atoms with van der Waals surface area (Å²) in [6.45, 7) is 1.69. The van der Waals surface area contributed by atoms with Crippen LogP contribution in [0.25, 0.3) is 16.9 Å². The summed E-state index contributed by atoms with van der Waals surface area (Å²) in [5, 5.41) is 6.33. The number of amides is 1. The van der Waals surface area contributed by atoms with E-state index in [1.807, 2.05) is 11.9 Å². The summed E-state index contributed by atoms with van der Waals surface area (Å²) >= 11 is 7.01. The van der Waals surface area contributed by atoms with E-state index in [1.165, 1.54) is 10.4 Å². The lowest BCUT2D eigenvalue weighted by Gasteiger charge is -2.31. The zero-order chi connectivity index (χ0) is 29.7. The van der Waals surface area contributed by atoms with Crippen molar-refractivity contribution >= 4 is 50.2 Å². The molecule has 1 aliphatic rings. The Hall–Kier alpha value is -3.18. The van der Waals surface area contributed by atoms with Crippen LogP contribution in [-0.2, 0) is 16.2 Å². The van der Waals surface area contributed by atoms with Gasteiger partial charge in [0.1, 0.15) is 19.8 Å². The molecule has 1 aliphatic heterocycles. The van der Waals surface area contributed by atoms with E-state index in [4.69, 9.17) is 11.6 Å². The largest absolute Gasteiger partial charge is 0.416 e. The van der Waals surface area contributed by atoms with Crippen molar-refractivity contribution in [2.24, 2.45) is 0 Å². The summed E-state index contributed by atoms with van der Waals surface area (Å²) in [5.41, 5.74) is -2.11. The third-order valence-electron chi connectivity index (χ3n) is 6.44. The number of carbonyl (C=O) groups excluding carboxylic acids is 1. The quantitative estimate of drug-likeness (QED) is 0.291. The van der Waals surface area contributed by atoms with E-state index < -0.39 is 39.8 Å². The van der Waals surface area contributed by atoms with Gasteiger partial charge in [-0.1, -0.05) is 23.7 Å². The third kappa shape index (κ3) is 5.79. The number of fused-ring (bicyclic) bond motifs is 1. The Morgan fingerprint density at radius 1 is 1.10 bits per heavy atom. The maximum atomic E-state index is 13.9. The summed E-state index contributed by atoms with van der Waals surface area (Å²) in [5.74, 6) is -0.861. The fraction of sp³-hybridized carbons (Fsp3) is 0.292. The molecule has 0 saturated carbocycles. The molecule has 4 heterocycles. The van der Waals surface area contributed by atoms with Crippen LogP contribution in [0.4, 0.5) is 27.6 Å². The molecule has 4 aromatic rings. The van der Waals surface area contributed by atoms with Crippen molar-refractivity contribution in [2.75, 3.05) is 38.5 Å². The maximum absolute atomic E-state index is 13.9. The number of halogens is 6. The molecule has 1 amide bonds. The molecule has 0 radical (unpaired) electrons. The van der Waals surface area contributed by atoms with Crippen molar-refractivity contribution in [1.29, 1.82) is 0 Å². The highest BCUT2D eigenvalue weighted by atomic mass is 35.5. The van der Waals surface area contributed by atoms with Crippen molar-refractivity contribution in [1.82, 2.24) is 23.8 Å². The van der Waals surface area contributed by atoms with Gasteiger partial charge < -0.3 is 10.2 Å². The van der Waals surface area contributed by atoms with E-state index in [9.17, 15) is 35.2 Å². The van der Waals surface area contributed by atoms with E-state index >= 15 is 0 Å². The number of rotatable bonds is 6. The molecule has 1 saturated heterocycles. The van der Waals surface area contributed by atoms with Crippen LogP contribution in [0.1, 0.15) is 28.0 Å². The number of carbonyl (C=O) groups is 1. The number of aromatic nitrogens is 3. The lowest BCUT2D eigenvalue weighted by Crippen LogP contribution is -2.46. The number of hydrogen-bond donors (Lipinski definition) is 1. The van der Waals surface area contributed by atoms with Gasteiger partial charge in [0, 0.05) is 31.7 Å². The lowest BCUT2D eigenvalue weighted by atomic mass is 10.1. The zero-order valence-electron chi connectivity index (χ0n) is 21.0. The minimum absolute atomic E-state index is 0.0123. The number of thiophene rings is 1. The van der Waals surface area contributed by atoms with Crippen LogP contribution >= 0.6 is 22.9 Å². The first kappa shape index (κ1) is 29.3. The average Bonchev–Trinajstić information content (AvgIpc) is 3.51. The minimum atomic E-state index is -4.59. The Bertz CT molecular complexity index is 1720. The molecular weight excluding hydrogens is 615 g/mol. The number of piperazine rings is 1. The molecule has 0 aliphatic carbocycles. The van der Waals surface area contributed by atoms with E-state index in [1.54, 1.807) is 0 Å². The number of hydrogen-bond acceptors (Lipinski definition) is 7. The average molecular weight is 635 g/mol. The van der Waals surface area contributed by atoms with E-state index in [0.717, 1.165) is 52.4 Å². The Kier molecular flexibility index (Phi) is 7.80. The Morgan fingerprint density at radius 3 is 2.37 bits per heavy atom. The van der Waals surface area contributed by atoms with Gasteiger partial charge in [0.25, 0.3) is 22.4 Å². The molecule has 0 spiro atoms. The van der Waals surface area contributed by atoms with Gasteiger partial charge >= 0.3 is 6.18 Å². The second-order valence-electron chi connectivity index (χ2n) is 9.15. The fourth-order valence-electron chi connectivity index (χ4n) is 4.18. The summed E-state index contributed by atoms with van der Waals surface area (Å²) < 4.78 is 94.8. The van der Waals surface area contributed by atoms with Crippen LogP contribution < -0.4 is 5.32 Å². The first-order chi connectivity index (χ1) is 19.3. The van der Waals surface area contributed by atoms with Crippen molar-refractivity contribution in [2.45, 2.75) is 16.8 Å². The smallest absolute Gasteiger partial charge is 0.320 e. The number of nitrogens with zero attached hydrogens (tertiary/aromatic N) is 5. The fourth-order valence-corrected chi connectivity index (χ4v) is 7.40. The molecule has 0 bridgehead atoms. The van der Waals surface area contributed by atoms with Gasteiger partial charge in [0.2, 0.25) is 0 Å². The summed E-state index contributed by atoms with van der Waals surface area (Å²) in [4.78, 5) is 19.4. The molecule has 1 N–H and O–H groups in total. The van der Waals surface area contributed by atoms with Crippen LogP contribution in [0.5, 0.6) is 0 Å². The van der Waals surface area contributed by atoms with Crippen LogP contribution in [-0.4, -0.2) is 71.4 Å². The highest BCUT2D eigenvalue weighted by molar-refractivity contribution is 7.91. The number of nitrogens with one attached hydrogen (secondary N) is 1. The monoisotopic (exact) mass is 634 g/mol. The van der Waals surface area contributed by atoms with E-state index in [-0.39, 0.29) is 49.8 Å². The lowest BCUT2D eigenvalue weighted by molar-refractivity contribution is -0.137. The van der Waals surface area contributed by atoms with Gasteiger partial charge in [-0.15, -0.1) is 11.3 Å². The van der Waals surface area contributed by atoms with Crippen molar-refractivity contribution in [3.63, 3.8) is 0 Å². The molecule has 0 atom stereocenters. The molecule has 1 aromatic carbocycles. The normalized spacial score (nSPS) is 15.6. The molecule has 3 aromatic heterocycles. The molecule has 1 fully saturated rings. The summed E-state index contributed by atoms with van der Waals surface area (Å²) in [6, 6.07) is 5.94. The van der Waals surface area contributed by atoms with E-state index in [0.29, 0.717) is 13.1 Å². The summed E-state index contributed by atoms with van der Waals surface area (Å²) in [7, 11) is -1.99. The van der Waals surface area contributed by atoms with Gasteiger partial charge in [-0.2, -0.15) is 22.6 Å². The highest BCUT2D eigenvalue weighted by Crippen LogP contribution is 2.37. The van der Waals surface area contributed by atoms with Gasteiger partial charge in [-0.3, -0.25) is 4.79 Å². The Balaban J connectivity index is 1.46. The molecule has 5 rings (SSSR count). The highest BCUT2D eigenvalue weighted by Gasteiger charge is 2.32. The van der Waals surface area contributed by atoms with Crippen LogP contribution in [0.15, 0.2) is 46.8 Å². The van der Waals surface area contributed by atoms with Crippen LogP contribution in [0.3, 0.4) is 0 Å². The van der Waals surface area contributed by atoms with Crippen molar-refractivity contribution in [3.05, 3.63) is 63.8 Å². The topological polar surface area (TPSA) is 99.9 Å². The minimum Gasteiger partial charge on any atom is -0.320 e. The molecular formula is C24H20ClF5N6O3S2. The first-order valence-corrected chi connectivity index (χ1v) is 14.5. The predicted octanol–water partition coefficient (Wildman–Crippen LogP) is 5.26. The molecule has 218 valence electrons.